The van der Waals surface area contributed by atoms with E-state index in [4.69, 9.17) is 14.5 Å². The predicted molar refractivity (Wildman–Crippen MR) is 136 cm³/mol. The van der Waals surface area contributed by atoms with Crippen molar-refractivity contribution in [3.8, 4) is 11.5 Å². The Morgan fingerprint density at radius 1 is 0.912 bits per heavy atom. The molecule has 1 aromatic heterocycles. The molecule has 6 nitrogen and oxygen atoms in total. The van der Waals surface area contributed by atoms with Crippen molar-refractivity contribution in [1.82, 2.24) is 9.55 Å². The molecule has 174 valence electrons. The van der Waals surface area contributed by atoms with Crippen LogP contribution in [-0.2, 0) is 11.1 Å². The summed E-state index contributed by atoms with van der Waals surface area (Å²) in [6.45, 7) is 0.637. The molecule has 1 aliphatic rings. The van der Waals surface area contributed by atoms with Crippen molar-refractivity contribution >= 4 is 28.7 Å². The molecule has 7 heteroatoms. The molecule has 0 fully saturated rings. The first kappa shape index (κ1) is 22.4. The summed E-state index contributed by atoms with van der Waals surface area (Å²) in [5.74, 6) is 2.07. The van der Waals surface area contributed by atoms with E-state index in [0.717, 1.165) is 29.3 Å². The average molecular weight is 474 g/mol. The fourth-order valence-electron chi connectivity index (χ4n) is 4.83. The van der Waals surface area contributed by atoms with E-state index >= 15 is 0 Å². The van der Waals surface area contributed by atoms with Crippen LogP contribution >= 0.6 is 7.14 Å². The van der Waals surface area contributed by atoms with Gasteiger partial charge >= 0.3 is 0 Å². The fraction of sp³-hybridized carbons (Fsp3) is 0.259. The first-order chi connectivity index (χ1) is 16.5. The van der Waals surface area contributed by atoms with Crippen molar-refractivity contribution in [2.24, 2.45) is 0 Å². The summed E-state index contributed by atoms with van der Waals surface area (Å²) in [6, 6.07) is 22.4. The third kappa shape index (κ3) is 3.92. The van der Waals surface area contributed by atoms with Gasteiger partial charge in [0.1, 0.15) is 24.5 Å². The summed E-state index contributed by atoms with van der Waals surface area (Å²) in [7, 11) is 0.181. The monoisotopic (exact) mass is 474 g/mol. The third-order valence-electron chi connectivity index (χ3n) is 6.65. The van der Waals surface area contributed by atoms with Crippen LogP contribution < -0.4 is 25.6 Å². The molecular weight excluding hydrogens is 447 g/mol. The van der Waals surface area contributed by atoms with Gasteiger partial charge in [-0.2, -0.15) is 0 Å². The standard InChI is InChI=1S/C27H27N2O4P/c1-32-20-9-13-22(14-10-20)34(31,23-15-11-21(33-2)12-16-23)18-19-6-5-17-29-26(19)28-25-8-4-3-7-24(25)27(29)30/h3-4,7-16,19H,5-6,17-18H2,1-2H3. The lowest BCUT2D eigenvalue weighted by atomic mass is 10.00. The Morgan fingerprint density at radius 3 is 2.09 bits per heavy atom. The minimum Gasteiger partial charge on any atom is -0.497 e. The lowest BCUT2D eigenvalue weighted by molar-refractivity contribution is 0.415. The Morgan fingerprint density at radius 2 is 1.50 bits per heavy atom. The van der Waals surface area contributed by atoms with E-state index in [2.05, 4.69) is 0 Å². The molecule has 1 atom stereocenters. The molecule has 0 saturated carbocycles. The molecular formula is C27H27N2O4P. The molecule has 1 aliphatic heterocycles. The van der Waals surface area contributed by atoms with E-state index < -0.39 is 7.14 Å². The smallest absolute Gasteiger partial charge is 0.261 e. The summed E-state index contributed by atoms with van der Waals surface area (Å²) >= 11 is 0. The van der Waals surface area contributed by atoms with Gasteiger partial charge < -0.3 is 14.0 Å². The van der Waals surface area contributed by atoms with Gasteiger partial charge in [-0.25, -0.2) is 4.98 Å². The van der Waals surface area contributed by atoms with E-state index in [1.807, 2.05) is 72.8 Å². The van der Waals surface area contributed by atoms with Crippen molar-refractivity contribution in [2.75, 3.05) is 20.4 Å². The molecule has 0 aliphatic carbocycles. The Bertz CT molecular complexity index is 1380. The lowest BCUT2D eigenvalue weighted by Gasteiger charge is -2.30. The Hall–Kier alpha value is -3.37. The molecule has 1 unspecified atom stereocenters. The number of ether oxygens (including phenoxy) is 2. The molecule has 0 amide bonds. The number of rotatable bonds is 6. The number of methoxy groups -OCH3 is 2. The molecule has 0 spiro atoms. The summed E-state index contributed by atoms with van der Waals surface area (Å²) in [5, 5.41) is 2.15. The number of fused-ring (bicyclic) bond motifs is 2. The van der Waals surface area contributed by atoms with E-state index in [9.17, 15) is 9.36 Å². The van der Waals surface area contributed by atoms with Crippen LogP contribution in [0, 0.1) is 0 Å². The summed E-state index contributed by atoms with van der Waals surface area (Å²) in [5.41, 5.74) is 0.670. The van der Waals surface area contributed by atoms with Gasteiger partial charge in [0.25, 0.3) is 5.56 Å². The Labute approximate surface area is 198 Å². The molecule has 0 bridgehead atoms. The summed E-state index contributed by atoms with van der Waals surface area (Å²) < 4.78 is 27.3. The van der Waals surface area contributed by atoms with Crippen molar-refractivity contribution in [3.63, 3.8) is 0 Å². The quantitative estimate of drug-likeness (QED) is 0.390. The van der Waals surface area contributed by atoms with Crippen molar-refractivity contribution in [1.29, 1.82) is 0 Å². The molecule has 0 radical (unpaired) electrons. The second kappa shape index (κ2) is 9.11. The van der Waals surface area contributed by atoms with Crippen LogP contribution in [0.1, 0.15) is 24.6 Å². The Kier molecular flexibility index (Phi) is 6.01. The van der Waals surface area contributed by atoms with Crippen LogP contribution in [0.4, 0.5) is 0 Å². The van der Waals surface area contributed by atoms with Gasteiger partial charge in [-0.15, -0.1) is 0 Å². The first-order valence-electron chi connectivity index (χ1n) is 11.4. The van der Waals surface area contributed by atoms with Gasteiger partial charge in [0.2, 0.25) is 0 Å². The molecule has 4 aromatic rings. The van der Waals surface area contributed by atoms with E-state index in [-0.39, 0.29) is 11.5 Å². The van der Waals surface area contributed by atoms with Gasteiger partial charge in [-0.1, -0.05) is 12.1 Å². The van der Waals surface area contributed by atoms with E-state index in [1.54, 1.807) is 18.8 Å². The number of benzene rings is 3. The largest absolute Gasteiger partial charge is 0.497 e. The number of para-hydroxylation sites is 1. The van der Waals surface area contributed by atoms with Crippen LogP contribution in [0.5, 0.6) is 11.5 Å². The van der Waals surface area contributed by atoms with E-state index in [1.165, 1.54) is 0 Å². The minimum atomic E-state index is -3.05. The van der Waals surface area contributed by atoms with Crippen LogP contribution in [0.15, 0.2) is 77.6 Å². The lowest BCUT2D eigenvalue weighted by Crippen LogP contribution is -2.33. The Balaban J connectivity index is 1.62. The molecule has 3 aromatic carbocycles. The second-order valence-corrected chi connectivity index (χ2v) is 11.5. The van der Waals surface area contributed by atoms with Crippen LogP contribution in [-0.4, -0.2) is 29.9 Å². The van der Waals surface area contributed by atoms with E-state index in [0.29, 0.717) is 35.1 Å². The van der Waals surface area contributed by atoms with Crippen molar-refractivity contribution < 1.29 is 14.0 Å². The van der Waals surface area contributed by atoms with Crippen LogP contribution in [0.2, 0.25) is 0 Å². The topological polar surface area (TPSA) is 70.4 Å². The molecule has 0 saturated heterocycles. The molecule has 34 heavy (non-hydrogen) atoms. The van der Waals surface area contributed by atoms with Gasteiger partial charge in [-0.3, -0.25) is 9.36 Å². The van der Waals surface area contributed by atoms with Crippen LogP contribution in [0.3, 0.4) is 0 Å². The highest BCUT2D eigenvalue weighted by Gasteiger charge is 2.35. The zero-order valence-corrected chi connectivity index (χ0v) is 20.2. The third-order valence-corrected chi connectivity index (χ3v) is 9.87. The highest BCUT2D eigenvalue weighted by molar-refractivity contribution is 7.78. The van der Waals surface area contributed by atoms with Gasteiger partial charge in [0, 0.05) is 29.2 Å². The fourth-order valence-corrected chi connectivity index (χ4v) is 7.77. The van der Waals surface area contributed by atoms with Crippen LogP contribution in [0.25, 0.3) is 10.9 Å². The number of nitrogens with zero attached hydrogens (tertiary/aromatic N) is 2. The zero-order chi connectivity index (χ0) is 23.7. The maximum Gasteiger partial charge on any atom is 0.261 e. The normalized spacial score (nSPS) is 15.6. The maximum absolute atomic E-state index is 14.8. The van der Waals surface area contributed by atoms with Crippen molar-refractivity contribution in [2.45, 2.75) is 25.3 Å². The number of aromatic nitrogens is 2. The highest BCUT2D eigenvalue weighted by Crippen LogP contribution is 2.49. The number of hydrogen-bond acceptors (Lipinski definition) is 5. The maximum atomic E-state index is 14.8. The summed E-state index contributed by atoms with van der Waals surface area (Å²) in [4.78, 5) is 18.1. The zero-order valence-electron chi connectivity index (χ0n) is 19.3. The molecule has 5 rings (SSSR count). The molecule has 2 heterocycles. The minimum absolute atomic E-state index is 0.0194. The van der Waals surface area contributed by atoms with Gasteiger partial charge in [0.05, 0.1) is 25.1 Å². The van der Waals surface area contributed by atoms with Crippen molar-refractivity contribution in [3.05, 3.63) is 89.0 Å². The number of hydrogen-bond donors (Lipinski definition) is 0. The van der Waals surface area contributed by atoms with Gasteiger partial charge in [-0.05, 0) is 73.5 Å². The predicted octanol–water partition coefficient (Wildman–Crippen LogP) is 4.31. The molecule has 0 N–H and O–H groups in total. The van der Waals surface area contributed by atoms with Gasteiger partial charge in [0.15, 0.2) is 0 Å². The SMILES string of the molecule is COc1ccc(P(=O)(CC2CCCn3c2nc2ccccc2c3=O)c2ccc(OC)cc2)cc1. The first-order valence-corrected chi connectivity index (χ1v) is 13.3. The highest BCUT2D eigenvalue weighted by atomic mass is 31.2. The summed E-state index contributed by atoms with van der Waals surface area (Å²) in [6.07, 6.45) is 2.08. The second-order valence-electron chi connectivity index (χ2n) is 8.60. The average Bonchev–Trinajstić information content (AvgIpc) is 2.89.